The molecule has 0 spiro atoms. The molecule has 0 amide bonds. The molecule has 1 aromatic rings. The van der Waals surface area contributed by atoms with Crippen molar-refractivity contribution < 1.29 is 0 Å². The molecule has 0 radical (unpaired) electrons. The lowest BCUT2D eigenvalue weighted by Crippen LogP contribution is -2.40. The van der Waals surface area contributed by atoms with Crippen molar-refractivity contribution in [2.24, 2.45) is 11.7 Å². The van der Waals surface area contributed by atoms with Crippen molar-refractivity contribution in [3.63, 3.8) is 0 Å². The first-order valence-electron chi connectivity index (χ1n) is 6.56. The summed E-state index contributed by atoms with van der Waals surface area (Å²) < 4.78 is 1.96. The second-order valence-corrected chi connectivity index (χ2v) is 4.94. The fourth-order valence-corrected chi connectivity index (χ4v) is 1.73. The highest BCUT2D eigenvalue weighted by atomic mass is 15.3. The standard InChI is InChI=1S/C13H26N4/c1-5-16(10-13(14)11(3)4)8-12-7-15-17(6-2)9-12/h7,9,11,13H,5-6,8,10,14H2,1-4H3/t13-/m1/s1. The molecule has 0 aliphatic heterocycles. The lowest BCUT2D eigenvalue weighted by molar-refractivity contribution is 0.241. The van der Waals surface area contributed by atoms with Gasteiger partial charge in [0.05, 0.1) is 6.20 Å². The van der Waals surface area contributed by atoms with Crippen LogP contribution in [0.25, 0.3) is 0 Å². The van der Waals surface area contributed by atoms with Crippen molar-refractivity contribution in [3.8, 4) is 0 Å². The van der Waals surface area contributed by atoms with Gasteiger partial charge in [-0.05, 0) is 19.4 Å². The Morgan fingerprint density at radius 3 is 2.59 bits per heavy atom. The highest BCUT2D eigenvalue weighted by molar-refractivity contribution is 5.03. The van der Waals surface area contributed by atoms with Crippen LogP contribution >= 0.6 is 0 Å². The van der Waals surface area contributed by atoms with Gasteiger partial charge in [-0.25, -0.2) is 0 Å². The summed E-state index contributed by atoms with van der Waals surface area (Å²) in [5.74, 6) is 0.530. The third-order valence-corrected chi connectivity index (χ3v) is 3.19. The average molecular weight is 238 g/mol. The molecule has 17 heavy (non-hydrogen) atoms. The minimum Gasteiger partial charge on any atom is -0.326 e. The summed E-state index contributed by atoms with van der Waals surface area (Å²) in [4.78, 5) is 2.38. The largest absolute Gasteiger partial charge is 0.326 e. The van der Waals surface area contributed by atoms with Crippen molar-refractivity contribution in [2.45, 2.75) is 46.8 Å². The maximum atomic E-state index is 6.12. The minimum absolute atomic E-state index is 0.246. The van der Waals surface area contributed by atoms with E-state index in [1.54, 1.807) is 0 Å². The SMILES string of the molecule is CCN(Cc1cnn(CC)c1)C[C@@H](N)C(C)C. The summed E-state index contributed by atoms with van der Waals surface area (Å²) in [5, 5.41) is 4.30. The first kappa shape index (κ1) is 14.2. The molecule has 0 unspecified atom stereocenters. The Bertz CT molecular complexity index is 319. The summed E-state index contributed by atoms with van der Waals surface area (Å²) in [6.07, 6.45) is 4.07. The van der Waals surface area contributed by atoms with Gasteiger partial charge in [-0.1, -0.05) is 20.8 Å². The lowest BCUT2D eigenvalue weighted by atomic mass is 10.1. The average Bonchev–Trinajstić information content (AvgIpc) is 2.75. The molecular formula is C13H26N4. The molecule has 0 aliphatic carbocycles. The Morgan fingerprint density at radius 1 is 1.41 bits per heavy atom. The Hall–Kier alpha value is -0.870. The van der Waals surface area contributed by atoms with Gasteiger partial charge in [0.1, 0.15) is 0 Å². The molecule has 4 heteroatoms. The molecule has 0 fully saturated rings. The Labute approximate surface area is 105 Å². The van der Waals surface area contributed by atoms with Gasteiger partial charge in [0.25, 0.3) is 0 Å². The van der Waals surface area contributed by atoms with Gasteiger partial charge in [-0.15, -0.1) is 0 Å². The number of hydrogen-bond donors (Lipinski definition) is 1. The second-order valence-electron chi connectivity index (χ2n) is 4.94. The summed E-state index contributed by atoms with van der Waals surface area (Å²) in [6.45, 7) is 12.5. The smallest absolute Gasteiger partial charge is 0.0534 e. The first-order chi connectivity index (χ1) is 8.06. The maximum Gasteiger partial charge on any atom is 0.0534 e. The van der Waals surface area contributed by atoms with Crippen LogP contribution in [0.1, 0.15) is 33.3 Å². The summed E-state index contributed by atoms with van der Waals surface area (Å²) >= 11 is 0. The van der Waals surface area contributed by atoms with Crippen LogP contribution < -0.4 is 5.73 Å². The predicted octanol–water partition coefficient (Wildman–Crippen LogP) is 1.71. The monoisotopic (exact) mass is 238 g/mol. The van der Waals surface area contributed by atoms with E-state index >= 15 is 0 Å². The van der Waals surface area contributed by atoms with E-state index in [1.165, 1.54) is 5.56 Å². The van der Waals surface area contributed by atoms with E-state index in [1.807, 2.05) is 10.9 Å². The Kier molecular flexibility index (Phi) is 5.65. The third kappa shape index (κ3) is 4.48. The van der Waals surface area contributed by atoms with E-state index in [4.69, 9.17) is 5.73 Å². The number of rotatable bonds is 7. The number of nitrogens with two attached hydrogens (primary N) is 1. The van der Waals surface area contributed by atoms with E-state index in [0.717, 1.165) is 26.2 Å². The van der Waals surface area contributed by atoms with Gasteiger partial charge in [-0.2, -0.15) is 5.10 Å². The van der Waals surface area contributed by atoms with Crippen LogP contribution in [0.3, 0.4) is 0 Å². The van der Waals surface area contributed by atoms with Gasteiger partial charge in [-0.3, -0.25) is 9.58 Å². The number of likely N-dealkylation sites (N-methyl/N-ethyl adjacent to an activating group) is 1. The normalized spacial score (nSPS) is 13.6. The van der Waals surface area contributed by atoms with Crippen LogP contribution in [0.15, 0.2) is 12.4 Å². The number of nitrogens with zero attached hydrogens (tertiary/aromatic N) is 3. The first-order valence-corrected chi connectivity index (χ1v) is 6.56. The molecule has 0 aliphatic rings. The fourth-order valence-electron chi connectivity index (χ4n) is 1.73. The highest BCUT2D eigenvalue weighted by Gasteiger charge is 2.13. The van der Waals surface area contributed by atoms with Crippen molar-refractivity contribution in [1.29, 1.82) is 0 Å². The predicted molar refractivity (Wildman–Crippen MR) is 71.7 cm³/mol. The Morgan fingerprint density at radius 2 is 2.12 bits per heavy atom. The molecule has 0 bridgehead atoms. The number of aromatic nitrogens is 2. The fraction of sp³-hybridized carbons (Fsp3) is 0.769. The molecule has 98 valence electrons. The van der Waals surface area contributed by atoms with E-state index in [0.29, 0.717) is 5.92 Å². The third-order valence-electron chi connectivity index (χ3n) is 3.19. The van der Waals surface area contributed by atoms with Gasteiger partial charge >= 0.3 is 0 Å². The molecular weight excluding hydrogens is 212 g/mol. The summed E-state index contributed by atoms with van der Waals surface area (Å²) in [5.41, 5.74) is 7.38. The van der Waals surface area contributed by atoms with Gasteiger partial charge < -0.3 is 5.73 Å². The lowest BCUT2D eigenvalue weighted by Gasteiger charge is -2.25. The van der Waals surface area contributed by atoms with Crippen molar-refractivity contribution in [1.82, 2.24) is 14.7 Å². The maximum absolute atomic E-state index is 6.12. The van der Waals surface area contributed by atoms with E-state index in [-0.39, 0.29) is 6.04 Å². The molecule has 1 aromatic heterocycles. The van der Waals surface area contributed by atoms with Crippen LogP contribution in [-0.4, -0.2) is 33.8 Å². The van der Waals surface area contributed by atoms with Gasteiger partial charge in [0, 0.05) is 37.4 Å². The van der Waals surface area contributed by atoms with E-state index in [2.05, 4.69) is 43.9 Å². The highest BCUT2D eigenvalue weighted by Crippen LogP contribution is 2.07. The van der Waals surface area contributed by atoms with Crippen LogP contribution in [-0.2, 0) is 13.1 Å². The molecule has 1 atom stereocenters. The van der Waals surface area contributed by atoms with Crippen LogP contribution in [0, 0.1) is 5.92 Å². The molecule has 0 aromatic carbocycles. The Balaban J connectivity index is 2.51. The topological polar surface area (TPSA) is 47.1 Å². The summed E-state index contributed by atoms with van der Waals surface area (Å²) in [6, 6.07) is 0.246. The van der Waals surface area contributed by atoms with Crippen molar-refractivity contribution in [2.75, 3.05) is 13.1 Å². The molecule has 0 saturated carbocycles. The van der Waals surface area contributed by atoms with Crippen molar-refractivity contribution in [3.05, 3.63) is 18.0 Å². The molecule has 0 saturated heterocycles. The zero-order valence-electron chi connectivity index (χ0n) is 11.6. The zero-order chi connectivity index (χ0) is 12.8. The van der Waals surface area contributed by atoms with Crippen molar-refractivity contribution >= 4 is 0 Å². The molecule has 1 rings (SSSR count). The van der Waals surface area contributed by atoms with E-state index < -0.39 is 0 Å². The van der Waals surface area contributed by atoms with Gasteiger partial charge in [0.2, 0.25) is 0 Å². The van der Waals surface area contributed by atoms with Crippen LogP contribution in [0.2, 0.25) is 0 Å². The number of hydrogen-bond acceptors (Lipinski definition) is 3. The van der Waals surface area contributed by atoms with Crippen LogP contribution in [0.4, 0.5) is 0 Å². The summed E-state index contributed by atoms with van der Waals surface area (Å²) in [7, 11) is 0. The molecule has 4 nitrogen and oxygen atoms in total. The molecule has 2 N–H and O–H groups in total. The zero-order valence-corrected chi connectivity index (χ0v) is 11.6. The number of aryl methyl sites for hydroxylation is 1. The minimum atomic E-state index is 0.246. The van der Waals surface area contributed by atoms with Crippen LogP contribution in [0.5, 0.6) is 0 Å². The molecule has 1 heterocycles. The van der Waals surface area contributed by atoms with E-state index in [9.17, 15) is 0 Å². The quantitative estimate of drug-likeness (QED) is 0.786. The van der Waals surface area contributed by atoms with Gasteiger partial charge in [0.15, 0.2) is 0 Å². The second kappa shape index (κ2) is 6.77.